The molecular weight excluding hydrogens is 318 g/mol. The number of nitriles is 1. The SMILES string of the molecule is Cc1ccc2c(c1)-c1onc(C(=O)Nc3ccccc3C#N)c1CO2. The van der Waals surface area contributed by atoms with E-state index in [0.29, 0.717) is 28.3 Å². The van der Waals surface area contributed by atoms with E-state index in [0.717, 1.165) is 11.1 Å². The monoisotopic (exact) mass is 331 g/mol. The van der Waals surface area contributed by atoms with E-state index < -0.39 is 5.91 Å². The molecule has 0 radical (unpaired) electrons. The fourth-order valence-electron chi connectivity index (χ4n) is 2.80. The third-order valence-corrected chi connectivity index (χ3v) is 4.05. The van der Waals surface area contributed by atoms with Crippen LogP contribution in [0.15, 0.2) is 47.0 Å². The first kappa shape index (κ1) is 15.0. The molecule has 2 heterocycles. The highest BCUT2D eigenvalue weighted by Gasteiger charge is 2.29. The Morgan fingerprint density at radius 2 is 2.12 bits per heavy atom. The smallest absolute Gasteiger partial charge is 0.278 e. The largest absolute Gasteiger partial charge is 0.488 e. The minimum atomic E-state index is -0.438. The van der Waals surface area contributed by atoms with Crippen LogP contribution in [0.2, 0.25) is 0 Å². The van der Waals surface area contributed by atoms with E-state index in [1.165, 1.54) is 0 Å². The summed E-state index contributed by atoms with van der Waals surface area (Å²) in [5.74, 6) is 0.812. The van der Waals surface area contributed by atoms with Crippen LogP contribution in [-0.4, -0.2) is 11.1 Å². The molecule has 25 heavy (non-hydrogen) atoms. The summed E-state index contributed by atoms with van der Waals surface area (Å²) < 4.78 is 11.1. The molecule has 0 unspecified atom stereocenters. The van der Waals surface area contributed by atoms with E-state index in [9.17, 15) is 4.79 Å². The number of carbonyl (C=O) groups is 1. The van der Waals surface area contributed by atoms with E-state index in [4.69, 9.17) is 14.5 Å². The molecule has 0 atom stereocenters. The maximum absolute atomic E-state index is 12.6. The molecule has 0 aliphatic carbocycles. The summed E-state index contributed by atoms with van der Waals surface area (Å²) in [7, 11) is 0. The topological polar surface area (TPSA) is 88.2 Å². The Balaban J connectivity index is 1.70. The van der Waals surface area contributed by atoms with E-state index in [-0.39, 0.29) is 12.3 Å². The Morgan fingerprint density at radius 3 is 2.96 bits per heavy atom. The maximum Gasteiger partial charge on any atom is 0.278 e. The summed E-state index contributed by atoms with van der Waals surface area (Å²) in [6, 6.07) is 14.6. The van der Waals surface area contributed by atoms with Crippen LogP contribution in [0.1, 0.15) is 27.2 Å². The number of aryl methyl sites for hydroxylation is 1. The molecule has 0 fully saturated rings. The summed E-state index contributed by atoms with van der Waals surface area (Å²) >= 11 is 0. The number of aromatic nitrogens is 1. The fraction of sp³-hybridized carbons (Fsp3) is 0.105. The van der Waals surface area contributed by atoms with Gasteiger partial charge in [-0.1, -0.05) is 28.9 Å². The maximum atomic E-state index is 12.6. The van der Waals surface area contributed by atoms with Crippen molar-refractivity contribution in [1.29, 1.82) is 5.26 Å². The molecule has 1 N–H and O–H groups in total. The van der Waals surface area contributed by atoms with Crippen LogP contribution in [0.3, 0.4) is 0 Å². The molecule has 0 bridgehead atoms. The zero-order chi connectivity index (χ0) is 17.4. The number of hydrogen-bond acceptors (Lipinski definition) is 5. The highest BCUT2D eigenvalue weighted by atomic mass is 16.5. The second kappa shape index (κ2) is 5.80. The summed E-state index contributed by atoms with van der Waals surface area (Å²) in [5, 5.41) is 15.8. The van der Waals surface area contributed by atoms with Gasteiger partial charge < -0.3 is 14.6 Å². The molecule has 2 aromatic carbocycles. The van der Waals surface area contributed by atoms with Crippen molar-refractivity contribution in [2.45, 2.75) is 13.5 Å². The number of hydrogen-bond donors (Lipinski definition) is 1. The zero-order valence-corrected chi connectivity index (χ0v) is 13.4. The standard InChI is InChI=1S/C19H13N3O3/c1-11-6-7-16-13(8-11)18-14(10-24-16)17(22-25-18)19(23)21-15-5-3-2-4-12(15)9-20/h2-8H,10H2,1H3,(H,21,23). The van der Waals surface area contributed by atoms with Crippen LogP contribution in [0, 0.1) is 18.3 Å². The van der Waals surface area contributed by atoms with Crippen molar-refractivity contribution in [3.63, 3.8) is 0 Å². The lowest BCUT2D eigenvalue weighted by atomic mass is 10.0. The highest BCUT2D eigenvalue weighted by molar-refractivity contribution is 6.05. The third-order valence-electron chi connectivity index (χ3n) is 4.05. The second-order valence-corrected chi connectivity index (χ2v) is 5.74. The normalized spacial score (nSPS) is 11.7. The van der Waals surface area contributed by atoms with E-state index >= 15 is 0 Å². The van der Waals surface area contributed by atoms with E-state index in [2.05, 4.69) is 10.5 Å². The molecule has 6 nitrogen and oxygen atoms in total. The quantitative estimate of drug-likeness (QED) is 0.774. The Morgan fingerprint density at radius 1 is 1.28 bits per heavy atom. The van der Waals surface area contributed by atoms with Crippen LogP contribution in [0.5, 0.6) is 5.75 Å². The van der Waals surface area contributed by atoms with Gasteiger partial charge in [0.25, 0.3) is 5.91 Å². The molecule has 1 aliphatic rings. The molecule has 0 saturated carbocycles. The summed E-state index contributed by atoms with van der Waals surface area (Å²) in [6.45, 7) is 2.18. The van der Waals surface area contributed by atoms with Gasteiger partial charge in [0, 0.05) is 0 Å². The minimum Gasteiger partial charge on any atom is -0.488 e. The van der Waals surface area contributed by atoms with Crippen molar-refractivity contribution in [3.8, 4) is 23.1 Å². The molecule has 1 aliphatic heterocycles. The van der Waals surface area contributed by atoms with Gasteiger partial charge in [-0.3, -0.25) is 4.79 Å². The van der Waals surface area contributed by atoms with Gasteiger partial charge in [0.15, 0.2) is 11.5 Å². The highest BCUT2D eigenvalue weighted by Crippen LogP contribution is 2.39. The zero-order valence-electron chi connectivity index (χ0n) is 13.4. The molecule has 1 aromatic heterocycles. The molecule has 3 aromatic rings. The minimum absolute atomic E-state index is 0.162. The van der Waals surface area contributed by atoms with Crippen LogP contribution in [0.4, 0.5) is 5.69 Å². The average molecular weight is 331 g/mol. The number of ether oxygens (including phenoxy) is 1. The van der Waals surface area contributed by atoms with Gasteiger partial charge in [0.1, 0.15) is 18.4 Å². The van der Waals surface area contributed by atoms with Gasteiger partial charge in [-0.25, -0.2) is 0 Å². The first-order valence-electron chi connectivity index (χ1n) is 7.70. The van der Waals surface area contributed by atoms with Crippen molar-refractivity contribution in [1.82, 2.24) is 5.16 Å². The number of amides is 1. The van der Waals surface area contributed by atoms with Crippen molar-refractivity contribution < 1.29 is 14.1 Å². The Kier molecular flexibility index (Phi) is 3.47. The molecule has 0 saturated heterocycles. The summed E-state index contributed by atoms with van der Waals surface area (Å²) in [5.41, 5.74) is 3.41. The van der Waals surface area contributed by atoms with Crippen LogP contribution < -0.4 is 10.1 Å². The fourth-order valence-corrected chi connectivity index (χ4v) is 2.80. The lowest BCUT2D eigenvalue weighted by molar-refractivity contribution is 0.101. The van der Waals surface area contributed by atoms with Gasteiger partial charge in [-0.2, -0.15) is 5.26 Å². The van der Waals surface area contributed by atoms with Crippen LogP contribution in [0.25, 0.3) is 11.3 Å². The number of nitrogens with zero attached hydrogens (tertiary/aromatic N) is 2. The van der Waals surface area contributed by atoms with Gasteiger partial charge >= 0.3 is 0 Å². The molecule has 4 rings (SSSR count). The van der Waals surface area contributed by atoms with Gasteiger partial charge in [0.2, 0.25) is 0 Å². The summed E-state index contributed by atoms with van der Waals surface area (Å²) in [6.07, 6.45) is 0. The average Bonchev–Trinajstić information content (AvgIpc) is 3.07. The Hall–Kier alpha value is -3.59. The van der Waals surface area contributed by atoms with E-state index in [1.54, 1.807) is 24.3 Å². The predicted molar refractivity (Wildman–Crippen MR) is 90.1 cm³/mol. The molecule has 122 valence electrons. The molecule has 0 spiro atoms. The van der Waals surface area contributed by atoms with Crippen molar-refractivity contribution >= 4 is 11.6 Å². The van der Waals surface area contributed by atoms with E-state index in [1.807, 2.05) is 31.2 Å². The summed E-state index contributed by atoms with van der Waals surface area (Å²) in [4.78, 5) is 12.6. The number of anilines is 1. The lowest BCUT2D eigenvalue weighted by Gasteiger charge is -2.16. The number of nitrogens with one attached hydrogen (secondary N) is 1. The number of para-hydroxylation sites is 1. The first-order chi connectivity index (χ1) is 12.2. The number of benzene rings is 2. The number of carbonyl (C=O) groups excluding carboxylic acids is 1. The first-order valence-corrected chi connectivity index (χ1v) is 7.70. The lowest BCUT2D eigenvalue weighted by Crippen LogP contribution is -2.17. The predicted octanol–water partition coefficient (Wildman–Crippen LogP) is 3.67. The molecular formula is C19H13N3O3. The Labute approximate surface area is 143 Å². The van der Waals surface area contributed by atoms with Crippen molar-refractivity contribution in [3.05, 3.63) is 64.8 Å². The van der Waals surface area contributed by atoms with Crippen LogP contribution in [-0.2, 0) is 6.61 Å². The number of fused-ring (bicyclic) bond motifs is 3. The number of rotatable bonds is 2. The third kappa shape index (κ3) is 2.52. The van der Waals surface area contributed by atoms with Crippen molar-refractivity contribution in [2.24, 2.45) is 0 Å². The second-order valence-electron chi connectivity index (χ2n) is 5.74. The van der Waals surface area contributed by atoms with Gasteiger partial charge in [-0.05, 0) is 31.2 Å². The van der Waals surface area contributed by atoms with Crippen molar-refractivity contribution in [2.75, 3.05) is 5.32 Å². The van der Waals surface area contributed by atoms with Gasteiger partial charge in [0.05, 0.1) is 22.4 Å². The van der Waals surface area contributed by atoms with Gasteiger partial charge in [-0.15, -0.1) is 0 Å². The molecule has 6 heteroatoms. The van der Waals surface area contributed by atoms with Crippen LogP contribution >= 0.6 is 0 Å². The Bertz CT molecular complexity index is 1030. The molecule has 1 amide bonds.